The molecule has 0 aliphatic carbocycles. The van der Waals surface area contributed by atoms with E-state index in [1.807, 2.05) is 12.1 Å². The molecule has 1 fully saturated rings. The number of amides is 1. The zero-order valence-electron chi connectivity index (χ0n) is 11.8. The maximum Gasteiger partial charge on any atom is 0.406 e. The van der Waals surface area contributed by atoms with Gasteiger partial charge in [0.25, 0.3) is 5.91 Å². The number of aliphatic carboxylic acids is 1. The van der Waals surface area contributed by atoms with E-state index in [-0.39, 0.29) is 6.54 Å². The van der Waals surface area contributed by atoms with Crippen LogP contribution in [0.25, 0.3) is 10.1 Å². The van der Waals surface area contributed by atoms with E-state index in [4.69, 9.17) is 5.11 Å². The fourth-order valence-electron chi connectivity index (χ4n) is 2.82. The summed E-state index contributed by atoms with van der Waals surface area (Å²) in [6.07, 6.45) is -5.52. The molecule has 1 saturated heterocycles. The van der Waals surface area contributed by atoms with Crippen LogP contribution in [-0.2, 0) is 4.79 Å². The average molecular weight is 343 g/mol. The number of carboxylic acids is 1. The summed E-state index contributed by atoms with van der Waals surface area (Å²) in [4.78, 5) is 24.7. The lowest BCUT2D eigenvalue weighted by molar-refractivity contribution is -0.227. The Morgan fingerprint density at radius 3 is 2.57 bits per heavy atom. The largest absolute Gasteiger partial charge is 0.481 e. The molecular weight excluding hydrogens is 331 g/mol. The number of hydrogen-bond acceptors (Lipinski definition) is 3. The Morgan fingerprint density at radius 1 is 1.26 bits per heavy atom. The van der Waals surface area contributed by atoms with Crippen LogP contribution < -0.4 is 0 Å². The minimum atomic E-state index is -4.90. The first-order valence-electron chi connectivity index (χ1n) is 6.82. The molecule has 1 aromatic carbocycles. The highest BCUT2D eigenvalue weighted by atomic mass is 32.1. The van der Waals surface area contributed by atoms with Crippen LogP contribution in [0.1, 0.15) is 16.8 Å². The molecule has 8 heteroatoms. The molecule has 1 aliphatic heterocycles. The van der Waals surface area contributed by atoms with Gasteiger partial charge in [-0.05, 0) is 12.5 Å². The molecule has 0 spiro atoms. The van der Waals surface area contributed by atoms with E-state index in [1.54, 1.807) is 17.5 Å². The van der Waals surface area contributed by atoms with Gasteiger partial charge in [-0.2, -0.15) is 13.2 Å². The van der Waals surface area contributed by atoms with Gasteiger partial charge in [-0.25, -0.2) is 0 Å². The number of alkyl halides is 3. The third-order valence-corrected chi connectivity index (χ3v) is 5.18. The number of carbonyl (C=O) groups excluding carboxylic acids is 1. The number of carboxylic acid groups (broad SMARTS) is 1. The van der Waals surface area contributed by atoms with Crippen LogP contribution in [0, 0.1) is 5.41 Å². The first kappa shape index (κ1) is 15.8. The van der Waals surface area contributed by atoms with E-state index in [0.717, 1.165) is 9.60 Å². The molecule has 0 saturated carbocycles. The molecule has 2 aromatic rings. The minimum Gasteiger partial charge on any atom is -0.481 e. The first-order valence-corrected chi connectivity index (χ1v) is 7.70. The lowest BCUT2D eigenvalue weighted by atomic mass is 9.86. The van der Waals surface area contributed by atoms with Gasteiger partial charge in [0.1, 0.15) is 0 Å². The molecule has 1 unspecified atom stereocenters. The van der Waals surface area contributed by atoms with Gasteiger partial charge in [0, 0.05) is 28.6 Å². The Balaban J connectivity index is 1.92. The number of hydrogen-bond donors (Lipinski definition) is 1. The van der Waals surface area contributed by atoms with Gasteiger partial charge >= 0.3 is 12.1 Å². The van der Waals surface area contributed by atoms with Crippen LogP contribution in [0.4, 0.5) is 13.2 Å². The topological polar surface area (TPSA) is 57.6 Å². The summed E-state index contributed by atoms with van der Waals surface area (Å²) in [7, 11) is 0. The van der Waals surface area contributed by atoms with Crippen molar-refractivity contribution in [1.29, 1.82) is 0 Å². The quantitative estimate of drug-likeness (QED) is 0.909. The third kappa shape index (κ3) is 2.37. The zero-order chi connectivity index (χ0) is 16.8. The van der Waals surface area contributed by atoms with Crippen molar-refractivity contribution < 1.29 is 27.9 Å². The molecule has 122 valence electrons. The van der Waals surface area contributed by atoms with Crippen molar-refractivity contribution in [3.63, 3.8) is 0 Å². The minimum absolute atomic E-state index is 0.227. The predicted molar refractivity (Wildman–Crippen MR) is 78.5 cm³/mol. The molecule has 4 nitrogen and oxygen atoms in total. The van der Waals surface area contributed by atoms with Crippen molar-refractivity contribution in [3.05, 3.63) is 35.2 Å². The smallest absolute Gasteiger partial charge is 0.406 e. The number of likely N-dealkylation sites (tertiary alicyclic amines) is 1. The number of fused-ring (bicyclic) bond motifs is 1. The second-order valence-electron chi connectivity index (χ2n) is 5.51. The Kier molecular flexibility index (Phi) is 3.59. The number of rotatable bonds is 2. The molecule has 0 radical (unpaired) electrons. The van der Waals surface area contributed by atoms with Gasteiger partial charge in [-0.3, -0.25) is 9.59 Å². The Bertz CT molecular complexity index is 786. The molecule has 1 aliphatic rings. The zero-order valence-corrected chi connectivity index (χ0v) is 12.6. The standard InChI is InChI=1S/C15H12F3NO3S/c16-15(17,18)14(13(21)22)5-6-19(8-14)12(20)10-7-23-11-4-2-1-3-9(10)11/h1-4,7H,5-6,8H2,(H,21,22). The monoisotopic (exact) mass is 343 g/mol. The molecule has 1 aromatic heterocycles. The summed E-state index contributed by atoms with van der Waals surface area (Å²) in [5, 5.41) is 11.3. The summed E-state index contributed by atoms with van der Waals surface area (Å²) in [5.74, 6) is -2.50. The second-order valence-corrected chi connectivity index (χ2v) is 6.42. The van der Waals surface area contributed by atoms with Crippen LogP contribution in [0.3, 0.4) is 0 Å². The van der Waals surface area contributed by atoms with Crippen molar-refractivity contribution in [1.82, 2.24) is 4.90 Å². The van der Waals surface area contributed by atoms with E-state index in [0.29, 0.717) is 10.9 Å². The molecule has 2 heterocycles. The molecule has 0 bridgehead atoms. The third-order valence-electron chi connectivity index (χ3n) is 4.22. The van der Waals surface area contributed by atoms with Gasteiger partial charge in [0.2, 0.25) is 0 Å². The van der Waals surface area contributed by atoms with Gasteiger partial charge < -0.3 is 10.0 Å². The van der Waals surface area contributed by atoms with E-state index >= 15 is 0 Å². The van der Waals surface area contributed by atoms with E-state index in [1.165, 1.54) is 11.3 Å². The van der Waals surface area contributed by atoms with Gasteiger partial charge in [-0.15, -0.1) is 11.3 Å². The van der Waals surface area contributed by atoms with Crippen molar-refractivity contribution in [2.75, 3.05) is 13.1 Å². The van der Waals surface area contributed by atoms with Crippen molar-refractivity contribution in [3.8, 4) is 0 Å². The maximum absolute atomic E-state index is 13.2. The SMILES string of the molecule is O=C(c1csc2ccccc12)N1CCC(C(=O)O)(C(F)(F)F)C1. The number of carbonyl (C=O) groups is 2. The highest BCUT2D eigenvalue weighted by Gasteiger charge is 2.64. The van der Waals surface area contributed by atoms with Crippen molar-refractivity contribution >= 4 is 33.3 Å². The molecule has 1 atom stereocenters. The molecule has 1 N–H and O–H groups in total. The van der Waals surface area contributed by atoms with Crippen molar-refractivity contribution in [2.24, 2.45) is 5.41 Å². The highest BCUT2D eigenvalue weighted by Crippen LogP contribution is 2.46. The number of nitrogens with zero attached hydrogens (tertiary/aromatic N) is 1. The van der Waals surface area contributed by atoms with Crippen LogP contribution >= 0.6 is 11.3 Å². The van der Waals surface area contributed by atoms with Crippen LogP contribution in [-0.4, -0.2) is 41.1 Å². The fourth-order valence-corrected chi connectivity index (χ4v) is 3.76. The normalized spacial score (nSPS) is 21.8. The average Bonchev–Trinajstić information content (AvgIpc) is 3.11. The molecular formula is C15H12F3NO3S. The Labute approximate surface area is 133 Å². The summed E-state index contributed by atoms with van der Waals surface area (Å²) in [6, 6.07) is 7.09. The first-order chi connectivity index (χ1) is 10.8. The lowest BCUT2D eigenvalue weighted by Crippen LogP contribution is -2.47. The summed E-state index contributed by atoms with van der Waals surface area (Å²) in [5.41, 5.74) is -2.57. The number of halogens is 3. The number of thiophene rings is 1. The predicted octanol–water partition coefficient (Wildman–Crippen LogP) is 3.38. The van der Waals surface area contributed by atoms with Crippen molar-refractivity contribution in [2.45, 2.75) is 12.6 Å². The summed E-state index contributed by atoms with van der Waals surface area (Å²) >= 11 is 1.33. The lowest BCUT2D eigenvalue weighted by Gasteiger charge is -2.27. The van der Waals surface area contributed by atoms with E-state index < -0.39 is 36.4 Å². The summed E-state index contributed by atoms with van der Waals surface area (Å²) < 4.78 is 40.4. The van der Waals surface area contributed by atoms with Crippen LogP contribution in [0.2, 0.25) is 0 Å². The fraction of sp³-hybridized carbons (Fsp3) is 0.333. The number of benzene rings is 1. The van der Waals surface area contributed by atoms with E-state index in [2.05, 4.69) is 0 Å². The maximum atomic E-state index is 13.2. The van der Waals surface area contributed by atoms with Crippen LogP contribution in [0.15, 0.2) is 29.6 Å². The Morgan fingerprint density at radius 2 is 1.96 bits per heavy atom. The van der Waals surface area contributed by atoms with Gasteiger partial charge in [-0.1, -0.05) is 18.2 Å². The molecule has 1 amide bonds. The molecule has 3 rings (SSSR count). The van der Waals surface area contributed by atoms with Gasteiger partial charge in [0.05, 0.1) is 5.56 Å². The summed E-state index contributed by atoms with van der Waals surface area (Å²) in [6.45, 7) is -1.08. The second kappa shape index (κ2) is 5.23. The van der Waals surface area contributed by atoms with E-state index in [9.17, 15) is 22.8 Å². The Hall–Kier alpha value is -2.09. The van der Waals surface area contributed by atoms with Gasteiger partial charge in [0.15, 0.2) is 5.41 Å². The highest BCUT2D eigenvalue weighted by molar-refractivity contribution is 7.17. The molecule has 23 heavy (non-hydrogen) atoms. The van der Waals surface area contributed by atoms with Crippen LogP contribution in [0.5, 0.6) is 0 Å².